The molecule has 7 nitrogen and oxygen atoms in total. The Bertz CT molecular complexity index is 1190. The number of carboxylic acids is 1. The Morgan fingerprint density at radius 1 is 1.05 bits per heavy atom. The molecule has 0 heterocycles. The third-order valence-electron chi connectivity index (χ3n) is 12.2. The van der Waals surface area contributed by atoms with Crippen LogP contribution >= 0.6 is 0 Å². The summed E-state index contributed by atoms with van der Waals surface area (Å²) in [7, 11) is 0. The van der Waals surface area contributed by atoms with E-state index in [4.69, 9.17) is 9.47 Å². The molecular weight excluding hydrogens is 520 g/mol. The maximum Gasteiger partial charge on any atom is 0.330 e. The molecule has 4 aliphatic carbocycles. The Kier molecular flexibility index (Phi) is 8.22. The molecule has 2 N–H and O–H groups in total. The summed E-state index contributed by atoms with van der Waals surface area (Å²) in [5.41, 5.74) is 1.79. The number of aliphatic hydroxyl groups excluding tert-OH is 1. The van der Waals surface area contributed by atoms with Gasteiger partial charge in [-0.2, -0.15) is 0 Å². The zero-order chi connectivity index (χ0) is 30.7. The van der Waals surface area contributed by atoms with E-state index < -0.39 is 23.5 Å². The highest BCUT2D eigenvalue weighted by atomic mass is 16.5. The second-order valence-electron chi connectivity index (χ2n) is 14.5. The molecule has 4 rings (SSSR count). The Balaban J connectivity index is 1.79. The fourth-order valence-corrected chi connectivity index (χ4v) is 9.43. The molecule has 0 aromatic carbocycles. The maximum absolute atomic E-state index is 12.5. The lowest BCUT2D eigenvalue weighted by atomic mass is 9.44. The molecule has 4 aliphatic rings. The smallest absolute Gasteiger partial charge is 0.330 e. The molecule has 7 heteroatoms. The van der Waals surface area contributed by atoms with E-state index in [0.29, 0.717) is 18.8 Å². The zero-order valence-corrected chi connectivity index (χ0v) is 26.4. The summed E-state index contributed by atoms with van der Waals surface area (Å²) in [6.45, 7) is 17.8. The molecule has 2 fully saturated rings. The van der Waals surface area contributed by atoms with Gasteiger partial charge in [0, 0.05) is 31.3 Å². The van der Waals surface area contributed by atoms with E-state index in [0.717, 1.165) is 25.7 Å². The van der Waals surface area contributed by atoms with E-state index >= 15 is 0 Å². The molecule has 0 radical (unpaired) electrons. The lowest BCUT2D eigenvalue weighted by molar-refractivity contribution is -0.153. The predicted octanol–water partition coefficient (Wildman–Crippen LogP) is 6.40. The highest BCUT2D eigenvalue weighted by Crippen LogP contribution is 2.72. The van der Waals surface area contributed by atoms with Crippen LogP contribution in [0.5, 0.6) is 0 Å². The summed E-state index contributed by atoms with van der Waals surface area (Å²) in [6.07, 6.45) is 9.52. The minimum Gasteiger partial charge on any atom is -0.478 e. The average molecular weight is 571 g/mol. The van der Waals surface area contributed by atoms with Gasteiger partial charge >= 0.3 is 17.9 Å². The molecule has 2 saturated carbocycles. The van der Waals surface area contributed by atoms with Gasteiger partial charge in [-0.3, -0.25) is 9.59 Å². The first-order valence-electron chi connectivity index (χ1n) is 15.3. The number of aliphatic hydroxyl groups is 1. The van der Waals surface area contributed by atoms with Crippen LogP contribution in [0.25, 0.3) is 0 Å². The summed E-state index contributed by atoms with van der Waals surface area (Å²) in [5.74, 6) is -1.44. The van der Waals surface area contributed by atoms with Gasteiger partial charge in [0.05, 0.1) is 6.10 Å². The third-order valence-corrected chi connectivity index (χ3v) is 12.2. The van der Waals surface area contributed by atoms with E-state index in [1.807, 2.05) is 0 Å². The molecular formula is C34H50O7. The predicted molar refractivity (Wildman–Crippen MR) is 157 cm³/mol. The average Bonchev–Trinajstić information content (AvgIpc) is 3.10. The third kappa shape index (κ3) is 4.90. The highest BCUT2D eigenvalue weighted by Gasteiger charge is 2.68. The lowest BCUT2D eigenvalue weighted by Gasteiger charge is -2.61. The van der Waals surface area contributed by atoms with Crippen molar-refractivity contribution in [2.75, 3.05) is 0 Å². The van der Waals surface area contributed by atoms with Crippen molar-refractivity contribution in [3.8, 4) is 0 Å². The maximum atomic E-state index is 12.5. The molecule has 0 aromatic heterocycles. The van der Waals surface area contributed by atoms with Crippen LogP contribution in [0, 0.1) is 39.4 Å². The van der Waals surface area contributed by atoms with Crippen LogP contribution < -0.4 is 0 Å². The van der Waals surface area contributed by atoms with E-state index in [1.54, 1.807) is 13.0 Å². The molecule has 0 aliphatic heterocycles. The van der Waals surface area contributed by atoms with Crippen LogP contribution in [0.15, 0.2) is 34.9 Å². The number of hydrogen-bond donors (Lipinski definition) is 2. The van der Waals surface area contributed by atoms with Gasteiger partial charge in [0.2, 0.25) is 0 Å². The van der Waals surface area contributed by atoms with Gasteiger partial charge in [0.1, 0.15) is 12.2 Å². The molecule has 9 atom stereocenters. The van der Waals surface area contributed by atoms with Crippen LogP contribution in [0.3, 0.4) is 0 Å². The normalized spacial score (nSPS) is 39.2. The minimum absolute atomic E-state index is 0.0496. The largest absolute Gasteiger partial charge is 0.478 e. The van der Waals surface area contributed by atoms with Crippen molar-refractivity contribution in [2.45, 2.75) is 119 Å². The van der Waals surface area contributed by atoms with Gasteiger partial charge in [-0.1, -0.05) is 59.8 Å². The summed E-state index contributed by atoms with van der Waals surface area (Å²) in [6, 6.07) is 0. The fraction of sp³-hybridized carbons (Fsp3) is 0.735. The second kappa shape index (κ2) is 10.7. The van der Waals surface area contributed by atoms with Gasteiger partial charge in [0.25, 0.3) is 0 Å². The SMILES string of the molecule is CC(=O)OC(C/C=C(\C)C(=O)O)C(C)C1CC(OC(C)=O)C2(C)C3=CCC4C(C)(CCC(O)C4(C)C)C3=CCC12C. The fourth-order valence-electron chi connectivity index (χ4n) is 9.43. The Labute approximate surface area is 245 Å². The number of hydrogen-bond acceptors (Lipinski definition) is 6. The van der Waals surface area contributed by atoms with Crippen molar-refractivity contribution in [2.24, 2.45) is 39.4 Å². The molecule has 0 aromatic rings. The number of fused-ring (bicyclic) bond motifs is 5. The van der Waals surface area contributed by atoms with Gasteiger partial charge in [-0.15, -0.1) is 0 Å². The molecule has 9 unspecified atom stereocenters. The highest BCUT2D eigenvalue weighted by molar-refractivity contribution is 5.85. The van der Waals surface area contributed by atoms with Crippen LogP contribution in [0.4, 0.5) is 0 Å². The number of aliphatic carboxylic acids is 1. The quantitative estimate of drug-likeness (QED) is 0.269. The monoisotopic (exact) mass is 570 g/mol. The Hall–Kier alpha value is -2.41. The molecule has 0 amide bonds. The summed E-state index contributed by atoms with van der Waals surface area (Å²) >= 11 is 0. The topological polar surface area (TPSA) is 110 Å². The van der Waals surface area contributed by atoms with Crippen molar-refractivity contribution >= 4 is 17.9 Å². The number of esters is 2. The summed E-state index contributed by atoms with van der Waals surface area (Å²) in [5, 5.41) is 20.3. The van der Waals surface area contributed by atoms with Crippen molar-refractivity contribution in [3.05, 3.63) is 34.9 Å². The van der Waals surface area contributed by atoms with Crippen molar-refractivity contribution < 1.29 is 34.1 Å². The van der Waals surface area contributed by atoms with Gasteiger partial charge in [-0.25, -0.2) is 4.79 Å². The van der Waals surface area contributed by atoms with Crippen molar-refractivity contribution in [1.29, 1.82) is 0 Å². The standard InChI is InChI=1S/C34H50O7/c1-19(30(38)39)10-12-26(40-21(3)35)20(2)25-18-29(41-22(4)36)34(9)24-11-13-27-31(5,6)28(37)15-16-32(27,7)23(24)14-17-33(25,34)8/h10-11,14,20,25-29,37H,12-13,15-18H2,1-9H3,(H,38,39)/b19-10+. The lowest BCUT2D eigenvalue weighted by Crippen LogP contribution is -2.56. The van der Waals surface area contributed by atoms with Crippen LogP contribution in [-0.4, -0.2) is 46.4 Å². The molecule has 228 valence electrons. The molecule has 0 bridgehead atoms. The summed E-state index contributed by atoms with van der Waals surface area (Å²) < 4.78 is 12.0. The van der Waals surface area contributed by atoms with Crippen LogP contribution in [-0.2, 0) is 23.9 Å². The van der Waals surface area contributed by atoms with E-state index in [-0.39, 0.29) is 51.8 Å². The number of carboxylic acid groups (broad SMARTS) is 1. The first kappa shape index (κ1) is 31.5. The number of ether oxygens (including phenoxy) is 2. The molecule has 0 saturated heterocycles. The second-order valence-corrected chi connectivity index (χ2v) is 14.5. The van der Waals surface area contributed by atoms with E-state index in [1.165, 1.54) is 25.0 Å². The Morgan fingerprint density at radius 2 is 1.71 bits per heavy atom. The first-order chi connectivity index (χ1) is 18.9. The minimum atomic E-state index is -0.992. The number of carbonyl (C=O) groups is 3. The van der Waals surface area contributed by atoms with Crippen LogP contribution in [0.1, 0.15) is 101 Å². The van der Waals surface area contributed by atoms with Gasteiger partial charge in [0.15, 0.2) is 0 Å². The Morgan fingerprint density at radius 3 is 2.29 bits per heavy atom. The van der Waals surface area contributed by atoms with Gasteiger partial charge < -0.3 is 19.7 Å². The first-order valence-corrected chi connectivity index (χ1v) is 15.3. The van der Waals surface area contributed by atoms with Gasteiger partial charge in [-0.05, 0) is 84.2 Å². The summed E-state index contributed by atoms with van der Waals surface area (Å²) in [4.78, 5) is 36.1. The van der Waals surface area contributed by atoms with E-state index in [2.05, 4.69) is 53.7 Å². The number of carbonyl (C=O) groups excluding carboxylic acids is 2. The zero-order valence-electron chi connectivity index (χ0n) is 26.4. The molecule has 41 heavy (non-hydrogen) atoms. The van der Waals surface area contributed by atoms with Crippen molar-refractivity contribution in [1.82, 2.24) is 0 Å². The number of rotatable bonds is 7. The van der Waals surface area contributed by atoms with Crippen molar-refractivity contribution in [3.63, 3.8) is 0 Å². The van der Waals surface area contributed by atoms with Crippen LogP contribution in [0.2, 0.25) is 0 Å². The van der Waals surface area contributed by atoms with E-state index in [9.17, 15) is 24.6 Å². The molecule has 0 spiro atoms. The number of allylic oxidation sites excluding steroid dienone is 3.